The van der Waals surface area contributed by atoms with Gasteiger partial charge >= 0.3 is 6.03 Å². The topological polar surface area (TPSA) is 120 Å². The summed E-state index contributed by atoms with van der Waals surface area (Å²) in [5.41, 5.74) is 10.3. The molecule has 0 unspecified atom stereocenters. The van der Waals surface area contributed by atoms with Crippen LogP contribution in [0.1, 0.15) is 19.4 Å². The number of aromatic amines is 2. The Morgan fingerprint density at radius 3 is 2.63 bits per heavy atom. The number of rotatable bonds is 5. The second-order valence-electron chi connectivity index (χ2n) is 7.06. The molecule has 0 aliphatic carbocycles. The van der Waals surface area contributed by atoms with Crippen molar-refractivity contribution in [1.29, 1.82) is 0 Å². The number of aromatic nitrogens is 3. The number of nitrogens with one attached hydrogen (secondary N) is 3. The Kier molecular flexibility index (Phi) is 5.14. The van der Waals surface area contributed by atoms with Gasteiger partial charge in [0.2, 0.25) is 0 Å². The lowest BCUT2D eigenvalue weighted by Gasteiger charge is -2.19. The van der Waals surface area contributed by atoms with Gasteiger partial charge in [-0.25, -0.2) is 9.78 Å². The third kappa shape index (κ3) is 3.47. The zero-order valence-corrected chi connectivity index (χ0v) is 17.0. The standard InChI is InChI=1S/C22H24N6O2/c1-3-28(4-2)22(30)24-12-13-9-10-15-14(11-13)18(23)19(25-15)20-21(29)27-17-8-6-5-7-16(17)26-20/h5-11,25H,3-4,12,23H2,1-2H3,(H,24,30)(H,27,29). The number of H-pyrrole nitrogens is 2. The molecule has 0 bridgehead atoms. The van der Waals surface area contributed by atoms with Gasteiger partial charge < -0.3 is 25.9 Å². The van der Waals surface area contributed by atoms with Crippen LogP contribution in [-0.4, -0.2) is 39.0 Å². The molecule has 4 rings (SSSR count). The highest BCUT2D eigenvalue weighted by molar-refractivity contribution is 6.00. The molecule has 0 aliphatic heterocycles. The maximum Gasteiger partial charge on any atom is 0.317 e. The monoisotopic (exact) mass is 404 g/mol. The van der Waals surface area contributed by atoms with E-state index in [1.165, 1.54) is 0 Å². The zero-order chi connectivity index (χ0) is 21.3. The number of hydrogen-bond donors (Lipinski definition) is 4. The zero-order valence-electron chi connectivity index (χ0n) is 17.0. The van der Waals surface area contributed by atoms with Crippen LogP contribution in [0.2, 0.25) is 0 Å². The van der Waals surface area contributed by atoms with E-state index >= 15 is 0 Å². The van der Waals surface area contributed by atoms with Gasteiger partial charge in [0.05, 0.1) is 22.4 Å². The first-order valence-corrected chi connectivity index (χ1v) is 9.94. The van der Waals surface area contributed by atoms with Gasteiger partial charge in [-0.3, -0.25) is 4.79 Å². The number of amides is 2. The highest BCUT2D eigenvalue weighted by atomic mass is 16.2. The summed E-state index contributed by atoms with van der Waals surface area (Å²) >= 11 is 0. The molecule has 8 nitrogen and oxygen atoms in total. The van der Waals surface area contributed by atoms with Gasteiger partial charge in [0.25, 0.3) is 5.56 Å². The number of nitrogens with two attached hydrogens (primary N) is 1. The van der Waals surface area contributed by atoms with Crippen LogP contribution >= 0.6 is 0 Å². The summed E-state index contributed by atoms with van der Waals surface area (Å²) in [6.07, 6.45) is 0. The molecule has 0 spiro atoms. The number of urea groups is 1. The Bertz CT molecular complexity index is 1290. The molecule has 0 saturated carbocycles. The van der Waals surface area contributed by atoms with E-state index in [1.807, 2.05) is 50.2 Å². The fourth-order valence-electron chi connectivity index (χ4n) is 3.56. The Hall–Kier alpha value is -3.81. The second-order valence-corrected chi connectivity index (χ2v) is 7.06. The molecule has 5 N–H and O–H groups in total. The van der Waals surface area contributed by atoms with E-state index in [-0.39, 0.29) is 17.3 Å². The van der Waals surface area contributed by atoms with Crippen molar-refractivity contribution in [2.24, 2.45) is 0 Å². The molecule has 2 heterocycles. The molecule has 0 radical (unpaired) electrons. The van der Waals surface area contributed by atoms with E-state index < -0.39 is 0 Å². The first-order valence-electron chi connectivity index (χ1n) is 9.94. The van der Waals surface area contributed by atoms with Crippen LogP contribution in [0.15, 0.2) is 47.3 Å². The van der Waals surface area contributed by atoms with Crippen LogP contribution in [0.3, 0.4) is 0 Å². The van der Waals surface area contributed by atoms with Gasteiger partial charge in [-0.05, 0) is 43.7 Å². The highest BCUT2D eigenvalue weighted by Gasteiger charge is 2.16. The molecule has 4 aromatic rings. The molecule has 30 heavy (non-hydrogen) atoms. The van der Waals surface area contributed by atoms with Gasteiger partial charge in [-0.15, -0.1) is 0 Å². The van der Waals surface area contributed by atoms with E-state index in [0.29, 0.717) is 42.0 Å². The first-order chi connectivity index (χ1) is 14.5. The SMILES string of the molecule is CCN(CC)C(=O)NCc1ccc2[nH]c(-c3nc4ccccc4[nH]c3=O)c(N)c2c1. The molecule has 154 valence electrons. The number of anilines is 1. The minimum absolute atomic E-state index is 0.102. The van der Waals surface area contributed by atoms with E-state index in [2.05, 4.69) is 20.3 Å². The molecule has 0 aliphatic rings. The molecule has 2 aromatic carbocycles. The predicted molar refractivity (Wildman–Crippen MR) is 119 cm³/mol. The fourth-order valence-corrected chi connectivity index (χ4v) is 3.56. The minimum atomic E-state index is -0.307. The summed E-state index contributed by atoms with van der Waals surface area (Å²) in [6.45, 7) is 5.59. The lowest BCUT2D eigenvalue weighted by atomic mass is 10.1. The summed E-state index contributed by atoms with van der Waals surface area (Å²) in [6, 6.07) is 13.0. The maximum absolute atomic E-state index is 12.6. The Balaban J connectivity index is 1.67. The summed E-state index contributed by atoms with van der Waals surface area (Å²) in [7, 11) is 0. The normalized spacial score (nSPS) is 11.1. The summed E-state index contributed by atoms with van der Waals surface area (Å²) in [5.74, 6) is 0. The van der Waals surface area contributed by atoms with Crippen molar-refractivity contribution in [3.8, 4) is 11.4 Å². The summed E-state index contributed by atoms with van der Waals surface area (Å²) in [4.78, 5) is 37.0. The number of carbonyl (C=O) groups is 1. The number of carbonyl (C=O) groups excluding carboxylic acids is 1. The molecule has 0 fully saturated rings. The van der Waals surface area contributed by atoms with Gasteiger partial charge in [0.15, 0.2) is 5.69 Å². The highest BCUT2D eigenvalue weighted by Crippen LogP contribution is 2.31. The first kappa shape index (κ1) is 19.5. The number of para-hydroxylation sites is 2. The minimum Gasteiger partial charge on any atom is -0.396 e. The van der Waals surface area contributed by atoms with Crippen molar-refractivity contribution in [3.63, 3.8) is 0 Å². The van der Waals surface area contributed by atoms with Gasteiger partial charge in [0.1, 0.15) is 0 Å². The smallest absolute Gasteiger partial charge is 0.317 e. The third-order valence-corrected chi connectivity index (χ3v) is 5.23. The number of nitrogen functional groups attached to an aromatic ring is 1. The van der Waals surface area contributed by atoms with Crippen molar-refractivity contribution in [2.75, 3.05) is 18.8 Å². The Morgan fingerprint density at radius 1 is 1.10 bits per heavy atom. The number of nitrogens with zero attached hydrogens (tertiary/aromatic N) is 2. The molecule has 0 atom stereocenters. The quantitative estimate of drug-likeness (QED) is 0.408. The van der Waals surface area contributed by atoms with Crippen LogP contribution in [-0.2, 0) is 6.54 Å². The van der Waals surface area contributed by atoms with Crippen molar-refractivity contribution in [3.05, 3.63) is 58.4 Å². The van der Waals surface area contributed by atoms with Gasteiger partial charge in [-0.2, -0.15) is 0 Å². The fraction of sp³-hybridized carbons (Fsp3) is 0.227. The lowest BCUT2D eigenvalue weighted by molar-refractivity contribution is 0.203. The second kappa shape index (κ2) is 7.90. The molecular formula is C22H24N6O2. The summed E-state index contributed by atoms with van der Waals surface area (Å²) in [5, 5.41) is 3.71. The Labute approximate surface area is 173 Å². The van der Waals surface area contributed by atoms with Crippen LogP contribution in [0.4, 0.5) is 10.5 Å². The molecule has 0 saturated heterocycles. The van der Waals surface area contributed by atoms with Gasteiger partial charge in [-0.1, -0.05) is 18.2 Å². The average molecular weight is 404 g/mol. The molecular weight excluding hydrogens is 380 g/mol. The predicted octanol–water partition coefficient (Wildman–Crippen LogP) is 3.21. The largest absolute Gasteiger partial charge is 0.396 e. The van der Waals surface area contributed by atoms with E-state index in [1.54, 1.807) is 11.0 Å². The lowest BCUT2D eigenvalue weighted by Crippen LogP contribution is -2.39. The van der Waals surface area contributed by atoms with E-state index in [4.69, 9.17) is 5.73 Å². The van der Waals surface area contributed by atoms with Crippen LogP contribution in [0.25, 0.3) is 33.3 Å². The average Bonchev–Trinajstić information content (AvgIpc) is 3.08. The van der Waals surface area contributed by atoms with Crippen molar-refractivity contribution in [1.82, 2.24) is 25.2 Å². The maximum atomic E-state index is 12.6. The van der Waals surface area contributed by atoms with E-state index in [9.17, 15) is 9.59 Å². The number of fused-ring (bicyclic) bond motifs is 2. The summed E-state index contributed by atoms with van der Waals surface area (Å²) < 4.78 is 0. The number of hydrogen-bond acceptors (Lipinski definition) is 4. The van der Waals surface area contributed by atoms with Crippen molar-refractivity contribution in [2.45, 2.75) is 20.4 Å². The molecule has 8 heteroatoms. The van der Waals surface area contributed by atoms with Crippen LogP contribution in [0, 0.1) is 0 Å². The van der Waals surface area contributed by atoms with Gasteiger partial charge in [0, 0.05) is 30.5 Å². The van der Waals surface area contributed by atoms with Crippen LogP contribution < -0.4 is 16.6 Å². The number of benzene rings is 2. The van der Waals surface area contributed by atoms with Crippen molar-refractivity contribution < 1.29 is 4.79 Å². The molecule has 2 amide bonds. The van der Waals surface area contributed by atoms with Crippen LogP contribution in [0.5, 0.6) is 0 Å². The Morgan fingerprint density at radius 2 is 1.87 bits per heavy atom. The van der Waals surface area contributed by atoms with Crippen molar-refractivity contribution >= 4 is 33.7 Å². The van der Waals surface area contributed by atoms with E-state index in [0.717, 1.165) is 16.5 Å². The molecule has 2 aromatic heterocycles. The third-order valence-electron chi connectivity index (χ3n) is 5.23.